The van der Waals surface area contributed by atoms with Gasteiger partial charge in [0.2, 0.25) is 5.67 Å². The quantitative estimate of drug-likeness (QED) is 0.549. The maximum atomic E-state index is 13.8. The van der Waals surface area contributed by atoms with Gasteiger partial charge < -0.3 is 20.4 Å². The van der Waals surface area contributed by atoms with Gasteiger partial charge in [-0.2, -0.15) is 13.2 Å². The maximum absolute atomic E-state index is 13.8. The van der Waals surface area contributed by atoms with Crippen molar-refractivity contribution in [3.8, 4) is 0 Å². The van der Waals surface area contributed by atoms with Crippen LogP contribution in [0, 0.1) is 5.92 Å². The van der Waals surface area contributed by atoms with Crippen LogP contribution >= 0.6 is 0 Å². The van der Waals surface area contributed by atoms with Gasteiger partial charge in [0.1, 0.15) is 0 Å². The van der Waals surface area contributed by atoms with E-state index in [4.69, 9.17) is 15.3 Å². The summed E-state index contributed by atoms with van der Waals surface area (Å²) in [6.07, 6.45) is -5.37. The zero-order valence-corrected chi connectivity index (χ0v) is 9.79. The molecule has 0 aromatic rings. The molecule has 0 spiro atoms. The first kappa shape index (κ1) is 18.9. The lowest BCUT2D eigenvalue weighted by atomic mass is 9.76. The van der Waals surface area contributed by atoms with E-state index in [-0.39, 0.29) is 0 Å². The summed E-state index contributed by atoms with van der Waals surface area (Å²) in [5.41, 5.74) is -7.29. The van der Waals surface area contributed by atoms with Gasteiger partial charge in [0.15, 0.2) is 5.60 Å². The molecule has 0 bridgehead atoms. The van der Waals surface area contributed by atoms with Crippen molar-refractivity contribution in [2.24, 2.45) is 5.92 Å². The van der Waals surface area contributed by atoms with Crippen LogP contribution in [0.2, 0.25) is 0 Å². The molecule has 8 heteroatoms. The Morgan fingerprint density at radius 2 is 1.24 bits per heavy atom. The van der Waals surface area contributed by atoms with Crippen LogP contribution in [0.15, 0.2) is 0 Å². The summed E-state index contributed by atoms with van der Waals surface area (Å²) >= 11 is 0. The molecular formula is C9H18F4O4. The summed E-state index contributed by atoms with van der Waals surface area (Å²) in [7, 11) is 1.00. The van der Waals surface area contributed by atoms with Crippen molar-refractivity contribution < 1.29 is 38.0 Å². The minimum absolute atomic E-state index is 0.907. The van der Waals surface area contributed by atoms with Gasteiger partial charge in [-0.1, -0.05) is 13.8 Å². The average Bonchev–Trinajstić information content (AvgIpc) is 2.27. The molecule has 0 aliphatic heterocycles. The fraction of sp³-hybridized carbons (Fsp3) is 1.00. The zero-order valence-electron chi connectivity index (χ0n) is 9.79. The third-order valence-corrected chi connectivity index (χ3v) is 2.41. The van der Waals surface area contributed by atoms with Gasteiger partial charge in [-0.15, -0.1) is 0 Å². The van der Waals surface area contributed by atoms with Crippen LogP contribution in [0.3, 0.4) is 0 Å². The molecule has 106 valence electrons. The lowest BCUT2D eigenvalue weighted by molar-refractivity contribution is -0.315. The monoisotopic (exact) mass is 266 g/mol. The number of rotatable bonds is 4. The van der Waals surface area contributed by atoms with Gasteiger partial charge in [0, 0.05) is 7.11 Å². The second kappa shape index (κ2) is 6.48. The third-order valence-electron chi connectivity index (χ3n) is 2.41. The number of aliphatic hydroxyl groups is 4. The molecule has 0 aromatic carbocycles. The van der Waals surface area contributed by atoms with E-state index < -0.39 is 36.6 Å². The minimum Gasteiger partial charge on any atom is -0.400 e. The summed E-state index contributed by atoms with van der Waals surface area (Å²) in [5, 5.41) is 33.4. The standard InChI is InChI=1S/C8H14F4O3.CH4O/c1-5(2)7(9,8(10,11)12)6(15,3-13)4-14;1-2/h5,13-15H,3-4H2,1-2H3;2H,1H3. The molecule has 0 aliphatic rings. The lowest BCUT2D eigenvalue weighted by Gasteiger charge is -2.42. The topological polar surface area (TPSA) is 80.9 Å². The Hall–Kier alpha value is -0.440. The highest BCUT2D eigenvalue weighted by molar-refractivity contribution is 5.06. The molecule has 0 radical (unpaired) electrons. The molecule has 0 aliphatic carbocycles. The van der Waals surface area contributed by atoms with E-state index in [1.165, 1.54) is 0 Å². The van der Waals surface area contributed by atoms with Gasteiger partial charge in [0.05, 0.1) is 13.2 Å². The van der Waals surface area contributed by atoms with E-state index in [9.17, 15) is 22.7 Å². The van der Waals surface area contributed by atoms with Crippen molar-refractivity contribution in [3.63, 3.8) is 0 Å². The van der Waals surface area contributed by atoms with Crippen LogP contribution in [-0.4, -0.2) is 58.2 Å². The fourth-order valence-electron chi connectivity index (χ4n) is 1.41. The van der Waals surface area contributed by atoms with Crippen LogP contribution in [0.5, 0.6) is 0 Å². The number of aliphatic hydroxyl groups excluding tert-OH is 3. The molecular weight excluding hydrogens is 248 g/mol. The van der Waals surface area contributed by atoms with Gasteiger partial charge in [-0.25, -0.2) is 4.39 Å². The maximum Gasteiger partial charge on any atom is 0.425 e. The van der Waals surface area contributed by atoms with Crippen molar-refractivity contribution in [3.05, 3.63) is 0 Å². The largest absolute Gasteiger partial charge is 0.425 e. The predicted octanol–water partition coefficient (Wildman–Crippen LogP) is 0.237. The van der Waals surface area contributed by atoms with Crippen molar-refractivity contribution in [2.45, 2.75) is 31.3 Å². The molecule has 0 amide bonds. The van der Waals surface area contributed by atoms with E-state index in [1.54, 1.807) is 0 Å². The van der Waals surface area contributed by atoms with Crippen molar-refractivity contribution in [1.29, 1.82) is 0 Å². The van der Waals surface area contributed by atoms with Gasteiger partial charge in [-0.05, 0) is 5.92 Å². The van der Waals surface area contributed by atoms with Crippen LogP contribution < -0.4 is 0 Å². The highest BCUT2D eigenvalue weighted by atomic mass is 19.4. The summed E-state index contributed by atoms with van der Waals surface area (Å²) in [4.78, 5) is 0. The van der Waals surface area contributed by atoms with Crippen molar-refractivity contribution >= 4 is 0 Å². The Morgan fingerprint density at radius 3 is 1.29 bits per heavy atom. The SMILES string of the molecule is CC(C)C(F)(C(F)(F)F)C(O)(CO)CO.CO. The molecule has 0 saturated carbocycles. The number of hydrogen-bond donors (Lipinski definition) is 4. The second-order valence-corrected chi connectivity index (χ2v) is 3.71. The van der Waals surface area contributed by atoms with E-state index >= 15 is 0 Å². The Balaban J connectivity index is 0. The Morgan fingerprint density at radius 1 is 0.941 bits per heavy atom. The second-order valence-electron chi connectivity index (χ2n) is 3.71. The van der Waals surface area contributed by atoms with Crippen LogP contribution in [0.1, 0.15) is 13.8 Å². The first-order valence-corrected chi connectivity index (χ1v) is 4.71. The van der Waals surface area contributed by atoms with E-state index in [0.29, 0.717) is 0 Å². The Labute approximate surface area is 96.5 Å². The smallest absolute Gasteiger partial charge is 0.400 e. The molecule has 17 heavy (non-hydrogen) atoms. The average molecular weight is 266 g/mol. The molecule has 0 saturated heterocycles. The first-order valence-electron chi connectivity index (χ1n) is 4.71. The van der Waals surface area contributed by atoms with Gasteiger partial charge >= 0.3 is 6.18 Å². The van der Waals surface area contributed by atoms with E-state index in [0.717, 1.165) is 21.0 Å². The summed E-state index contributed by atoms with van der Waals surface area (Å²) in [6.45, 7) is -1.22. The highest BCUT2D eigenvalue weighted by Gasteiger charge is 2.69. The third kappa shape index (κ3) is 3.27. The Kier molecular flexibility index (Phi) is 7.21. The number of hydrogen-bond acceptors (Lipinski definition) is 4. The lowest BCUT2D eigenvalue weighted by Crippen LogP contribution is -2.66. The normalized spacial score (nSPS) is 16.2. The summed E-state index contributed by atoms with van der Waals surface area (Å²) in [6, 6.07) is 0. The number of halogens is 4. The molecule has 4 nitrogen and oxygen atoms in total. The predicted molar refractivity (Wildman–Crippen MR) is 52.0 cm³/mol. The molecule has 0 fully saturated rings. The summed E-state index contributed by atoms with van der Waals surface area (Å²) < 4.78 is 51.2. The van der Waals surface area contributed by atoms with Crippen LogP contribution in [-0.2, 0) is 0 Å². The zero-order chi connectivity index (χ0) is 14.5. The van der Waals surface area contributed by atoms with E-state index in [1.807, 2.05) is 0 Å². The molecule has 0 heterocycles. The molecule has 1 atom stereocenters. The van der Waals surface area contributed by atoms with Crippen molar-refractivity contribution in [1.82, 2.24) is 0 Å². The van der Waals surface area contributed by atoms with Crippen molar-refractivity contribution in [2.75, 3.05) is 20.3 Å². The molecule has 4 N–H and O–H groups in total. The minimum atomic E-state index is -5.37. The van der Waals surface area contributed by atoms with Crippen LogP contribution in [0.25, 0.3) is 0 Å². The van der Waals surface area contributed by atoms with Gasteiger partial charge in [-0.3, -0.25) is 0 Å². The molecule has 0 rings (SSSR count). The highest BCUT2D eigenvalue weighted by Crippen LogP contribution is 2.46. The number of alkyl halides is 4. The first-order chi connectivity index (χ1) is 7.56. The molecule has 0 aromatic heterocycles. The Bertz CT molecular complexity index is 216. The summed E-state index contributed by atoms with van der Waals surface area (Å²) in [5.74, 6) is -1.64. The van der Waals surface area contributed by atoms with Gasteiger partial charge in [0.25, 0.3) is 0 Å². The fourth-order valence-corrected chi connectivity index (χ4v) is 1.41. The van der Waals surface area contributed by atoms with Crippen LogP contribution in [0.4, 0.5) is 17.6 Å². The molecule has 1 unspecified atom stereocenters. The van der Waals surface area contributed by atoms with E-state index in [2.05, 4.69) is 0 Å².